The summed E-state index contributed by atoms with van der Waals surface area (Å²) in [6.45, 7) is 3.15. The molecule has 1 aromatic heterocycles. The van der Waals surface area contributed by atoms with Gasteiger partial charge in [-0.1, -0.05) is 41.4 Å². The number of ketones is 1. The molecule has 1 amide bonds. The molecule has 2 rings (SSSR count). The third-order valence-corrected chi connectivity index (χ3v) is 4.31. The van der Waals surface area contributed by atoms with Crippen LogP contribution in [0, 0.1) is 6.92 Å². The Morgan fingerprint density at radius 1 is 1.17 bits per heavy atom. The van der Waals surface area contributed by atoms with E-state index >= 15 is 0 Å². The average molecular weight is 443 g/mol. The lowest BCUT2D eigenvalue weighted by atomic mass is 10.1. The molecule has 0 aliphatic rings. The molecule has 0 saturated carbocycles. The number of nitrogens with one attached hydrogen (secondary N) is 1. The van der Waals surface area contributed by atoms with Crippen molar-refractivity contribution in [2.45, 2.75) is 39.0 Å². The predicted octanol–water partition coefficient (Wildman–Crippen LogP) is 4.60. The smallest absolute Gasteiger partial charge is 0.417 e. The normalized spacial score (nSPS) is 12.2. The summed E-state index contributed by atoms with van der Waals surface area (Å²) >= 11 is 5.72. The van der Waals surface area contributed by atoms with Gasteiger partial charge < -0.3 is 10.1 Å². The van der Waals surface area contributed by atoms with Gasteiger partial charge >= 0.3 is 12.1 Å². The minimum atomic E-state index is -4.63. The number of pyridine rings is 1. The van der Waals surface area contributed by atoms with E-state index < -0.39 is 34.7 Å². The van der Waals surface area contributed by atoms with Gasteiger partial charge in [0.1, 0.15) is 0 Å². The van der Waals surface area contributed by atoms with E-state index in [-0.39, 0.29) is 24.4 Å². The molecule has 160 valence electrons. The molecular weight excluding hydrogens is 425 g/mol. The average Bonchev–Trinajstić information content (AvgIpc) is 2.67. The number of rotatable bonds is 7. The largest absolute Gasteiger partial charge is 0.453 e. The van der Waals surface area contributed by atoms with Crippen LogP contribution in [0.15, 0.2) is 36.5 Å². The van der Waals surface area contributed by atoms with Crippen molar-refractivity contribution in [2.24, 2.45) is 0 Å². The second-order valence-electron chi connectivity index (χ2n) is 6.46. The molecule has 0 saturated heterocycles. The van der Waals surface area contributed by atoms with Crippen LogP contribution < -0.4 is 5.32 Å². The zero-order valence-corrected chi connectivity index (χ0v) is 16.8. The van der Waals surface area contributed by atoms with E-state index in [0.29, 0.717) is 17.8 Å². The van der Waals surface area contributed by atoms with Crippen LogP contribution >= 0.6 is 11.6 Å². The number of carbonyl (C=O) groups excluding carboxylic acids is 3. The first kappa shape index (κ1) is 23.3. The lowest BCUT2D eigenvalue weighted by Gasteiger charge is -2.14. The molecule has 0 bridgehead atoms. The standard InChI is InChI=1S/C20H18ClF3N2O4/c1-11-3-5-13(6-4-11)16(27)7-8-17(28)30-12(2)19(29)26-18-15(21)9-14(10-25-18)20(22,23)24/h3-6,9-10,12H,7-8H2,1-2H3,(H,25,26,29)/t12-/m1/s1. The number of Topliss-reactive ketones (excluding diaryl/α,β-unsaturated/α-hetero) is 1. The molecule has 0 radical (unpaired) electrons. The summed E-state index contributed by atoms with van der Waals surface area (Å²) in [5.74, 6) is -2.15. The highest BCUT2D eigenvalue weighted by Crippen LogP contribution is 2.32. The van der Waals surface area contributed by atoms with Crippen molar-refractivity contribution in [3.63, 3.8) is 0 Å². The molecule has 30 heavy (non-hydrogen) atoms. The minimum Gasteiger partial charge on any atom is -0.453 e. The molecule has 0 unspecified atom stereocenters. The molecule has 1 heterocycles. The highest BCUT2D eigenvalue weighted by atomic mass is 35.5. The quantitative estimate of drug-likeness (QED) is 0.500. The number of halogens is 4. The molecule has 0 aliphatic carbocycles. The maximum Gasteiger partial charge on any atom is 0.417 e. The molecule has 2 aromatic rings. The van der Waals surface area contributed by atoms with Crippen molar-refractivity contribution in [2.75, 3.05) is 5.32 Å². The van der Waals surface area contributed by atoms with E-state index in [1.54, 1.807) is 24.3 Å². The summed E-state index contributed by atoms with van der Waals surface area (Å²) in [5, 5.41) is 1.78. The molecule has 0 fully saturated rings. The Morgan fingerprint density at radius 3 is 2.37 bits per heavy atom. The van der Waals surface area contributed by atoms with Crippen LogP contribution in [-0.2, 0) is 20.5 Å². The fraction of sp³-hybridized carbons (Fsp3) is 0.300. The summed E-state index contributed by atoms with van der Waals surface area (Å²) in [7, 11) is 0. The van der Waals surface area contributed by atoms with Crippen LogP contribution in [0.5, 0.6) is 0 Å². The van der Waals surface area contributed by atoms with E-state index in [9.17, 15) is 27.6 Å². The highest BCUT2D eigenvalue weighted by molar-refractivity contribution is 6.33. The topological polar surface area (TPSA) is 85.4 Å². The minimum absolute atomic E-state index is 0.0947. The first-order valence-corrected chi connectivity index (χ1v) is 9.18. The van der Waals surface area contributed by atoms with Gasteiger partial charge in [0.2, 0.25) is 0 Å². The third kappa shape index (κ3) is 6.55. The molecule has 1 N–H and O–H groups in total. The molecule has 0 spiro atoms. The van der Waals surface area contributed by atoms with Gasteiger partial charge in [-0.05, 0) is 19.9 Å². The number of alkyl halides is 3. The molecular formula is C20H18ClF3N2O4. The number of hydrogen-bond donors (Lipinski definition) is 1. The number of carbonyl (C=O) groups is 3. The van der Waals surface area contributed by atoms with E-state index in [1.165, 1.54) is 6.92 Å². The third-order valence-electron chi connectivity index (χ3n) is 4.02. The number of nitrogens with zero attached hydrogens (tertiary/aromatic N) is 1. The summed E-state index contributed by atoms with van der Waals surface area (Å²) in [6, 6.07) is 7.48. The number of aryl methyl sites for hydroxylation is 1. The Hall–Kier alpha value is -2.94. The maximum atomic E-state index is 12.6. The molecule has 1 aromatic carbocycles. The number of anilines is 1. The van der Waals surface area contributed by atoms with Crippen molar-refractivity contribution < 1.29 is 32.3 Å². The zero-order chi connectivity index (χ0) is 22.5. The lowest BCUT2D eigenvalue weighted by molar-refractivity contribution is -0.153. The van der Waals surface area contributed by atoms with Crippen molar-refractivity contribution in [1.82, 2.24) is 4.98 Å². The number of esters is 1. The summed E-state index contributed by atoms with van der Waals surface area (Å²) < 4.78 is 42.8. The van der Waals surface area contributed by atoms with Gasteiger partial charge in [-0.3, -0.25) is 14.4 Å². The number of aromatic nitrogens is 1. The van der Waals surface area contributed by atoms with Gasteiger partial charge in [-0.25, -0.2) is 4.98 Å². The molecule has 0 aliphatic heterocycles. The molecule has 10 heteroatoms. The fourth-order valence-corrected chi connectivity index (χ4v) is 2.53. The Morgan fingerprint density at radius 2 is 1.80 bits per heavy atom. The zero-order valence-electron chi connectivity index (χ0n) is 16.0. The van der Waals surface area contributed by atoms with E-state index in [1.807, 2.05) is 6.92 Å². The van der Waals surface area contributed by atoms with Crippen LogP contribution in [0.2, 0.25) is 5.02 Å². The number of benzene rings is 1. The maximum absolute atomic E-state index is 12.6. The van der Waals surface area contributed by atoms with Crippen molar-refractivity contribution >= 4 is 35.1 Å². The van der Waals surface area contributed by atoms with E-state index in [0.717, 1.165) is 5.56 Å². The van der Waals surface area contributed by atoms with Crippen LogP contribution in [0.25, 0.3) is 0 Å². The van der Waals surface area contributed by atoms with E-state index in [2.05, 4.69) is 10.3 Å². The Bertz CT molecular complexity index is 946. The first-order valence-electron chi connectivity index (χ1n) is 8.80. The second-order valence-corrected chi connectivity index (χ2v) is 6.87. The summed E-state index contributed by atoms with van der Waals surface area (Å²) in [5.41, 5.74) is 0.388. The number of ether oxygens (including phenoxy) is 1. The second kappa shape index (κ2) is 9.71. The Balaban J connectivity index is 1.87. The Kier molecular flexibility index (Phi) is 7.55. The molecule has 6 nitrogen and oxygen atoms in total. The summed E-state index contributed by atoms with van der Waals surface area (Å²) in [6.07, 6.45) is -5.70. The van der Waals surface area contributed by atoms with Crippen LogP contribution in [0.4, 0.5) is 19.0 Å². The van der Waals surface area contributed by atoms with Gasteiger partial charge in [-0.15, -0.1) is 0 Å². The Labute approximate surface area is 175 Å². The highest BCUT2D eigenvalue weighted by Gasteiger charge is 2.32. The van der Waals surface area contributed by atoms with Crippen molar-refractivity contribution in [1.29, 1.82) is 0 Å². The van der Waals surface area contributed by atoms with Gasteiger partial charge in [-0.2, -0.15) is 13.2 Å². The molecule has 1 atom stereocenters. The van der Waals surface area contributed by atoms with Crippen LogP contribution in [0.1, 0.15) is 41.3 Å². The van der Waals surface area contributed by atoms with Gasteiger partial charge in [0.05, 0.1) is 17.0 Å². The van der Waals surface area contributed by atoms with Crippen molar-refractivity contribution in [3.8, 4) is 0 Å². The predicted molar refractivity (Wildman–Crippen MR) is 103 cm³/mol. The summed E-state index contributed by atoms with van der Waals surface area (Å²) in [4.78, 5) is 39.5. The lowest BCUT2D eigenvalue weighted by Crippen LogP contribution is -2.30. The van der Waals surface area contributed by atoms with Gasteiger partial charge in [0.15, 0.2) is 17.7 Å². The van der Waals surface area contributed by atoms with Crippen LogP contribution in [-0.4, -0.2) is 28.7 Å². The SMILES string of the molecule is Cc1ccc(C(=O)CCC(=O)O[C@H](C)C(=O)Nc2ncc(C(F)(F)F)cc2Cl)cc1. The van der Waals surface area contributed by atoms with Gasteiger partial charge in [0, 0.05) is 18.2 Å². The van der Waals surface area contributed by atoms with Crippen molar-refractivity contribution in [3.05, 3.63) is 58.2 Å². The monoisotopic (exact) mass is 442 g/mol. The first-order chi connectivity index (χ1) is 14.0. The fourth-order valence-electron chi connectivity index (χ4n) is 2.31. The van der Waals surface area contributed by atoms with Crippen LogP contribution in [0.3, 0.4) is 0 Å². The number of hydrogen-bond acceptors (Lipinski definition) is 5. The number of amides is 1. The van der Waals surface area contributed by atoms with E-state index in [4.69, 9.17) is 16.3 Å². The van der Waals surface area contributed by atoms with Gasteiger partial charge in [0.25, 0.3) is 5.91 Å².